The zero-order valence-electron chi connectivity index (χ0n) is 25.4. The molecular weight excluding hydrogens is 665 g/mol. The highest BCUT2D eigenvalue weighted by molar-refractivity contribution is 8.32. The summed E-state index contributed by atoms with van der Waals surface area (Å²) in [6.45, 7) is 7.73. The summed E-state index contributed by atoms with van der Waals surface area (Å²) in [6, 6.07) is 14.2. The van der Waals surface area contributed by atoms with Crippen molar-refractivity contribution < 1.29 is 40.6 Å². The maximum atomic E-state index is 13.5. The first-order valence-corrected chi connectivity index (χ1v) is 17.7. The summed E-state index contributed by atoms with van der Waals surface area (Å²) in [5.41, 5.74) is 1.78. The molecule has 0 spiro atoms. The number of ether oxygens (including phenoxy) is 3. The van der Waals surface area contributed by atoms with E-state index >= 15 is 0 Å². The highest BCUT2D eigenvalue weighted by Gasteiger charge is 2.33. The Labute approximate surface area is 273 Å². The van der Waals surface area contributed by atoms with Crippen LogP contribution in [0.4, 0.5) is 29.3 Å². The minimum atomic E-state index is -4.89. The van der Waals surface area contributed by atoms with E-state index in [9.17, 15) is 26.4 Å². The predicted molar refractivity (Wildman–Crippen MR) is 176 cm³/mol. The van der Waals surface area contributed by atoms with E-state index in [1.54, 1.807) is 67.8 Å². The average Bonchev–Trinajstić information content (AvgIpc) is 3.62. The molecule has 2 aliphatic heterocycles. The van der Waals surface area contributed by atoms with Crippen LogP contribution in [0.25, 0.3) is 6.08 Å². The smallest absolute Gasteiger partial charge is 0.491 e. The molecule has 3 aromatic carbocycles. The number of thiol groups is 1. The molecule has 0 radical (unpaired) electrons. The van der Waals surface area contributed by atoms with Crippen LogP contribution in [0.5, 0.6) is 11.5 Å². The van der Waals surface area contributed by atoms with Crippen LogP contribution < -0.4 is 19.5 Å². The van der Waals surface area contributed by atoms with Crippen molar-refractivity contribution in [2.45, 2.75) is 62.1 Å². The SMILES string of the molecule is CC(C)Oc1cc(OC(F)(F)F)cc(C(C)(C)c2cc(Cl)cc(NC(=O)[SH]3C=Cc4cc(NS(=O)(=O)C5CCOC5)ccc43)c2)c1. The number of halogens is 4. The zero-order valence-corrected chi connectivity index (χ0v) is 27.9. The zero-order chi connectivity index (χ0) is 33.4. The van der Waals surface area contributed by atoms with Gasteiger partial charge in [0, 0.05) is 39.4 Å². The first kappa shape index (κ1) is 34.0. The summed E-state index contributed by atoms with van der Waals surface area (Å²) in [5.74, 6) is -0.198. The largest absolute Gasteiger partial charge is 0.573 e. The van der Waals surface area contributed by atoms with Crippen molar-refractivity contribution in [3.05, 3.63) is 81.7 Å². The van der Waals surface area contributed by atoms with Gasteiger partial charge in [0.25, 0.3) is 5.24 Å². The van der Waals surface area contributed by atoms with Crippen molar-refractivity contribution in [2.24, 2.45) is 0 Å². The van der Waals surface area contributed by atoms with Gasteiger partial charge in [-0.05, 0) is 97.0 Å². The highest BCUT2D eigenvalue weighted by Crippen LogP contribution is 2.48. The molecule has 1 fully saturated rings. The third kappa shape index (κ3) is 7.93. The van der Waals surface area contributed by atoms with Gasteiger partial charge in [0.15, 0.2) is 0 Å². The number of hydrogen-bond donors (Lipinski definition) is 3. The minimum Gasteiger partial charge on any atom is -0.491 e. The maximum Gasteiger partial charge on any atom is 0.573 e. The summed E-state index contributed by atoms with van der Waals surface area (Å²) in [7, 11) is -5.04. The van der Waals surface area contributed by atoms with Gasteiger partial charge >= 0.3 is 6.36 Å². The summed E-state index contributed by atoms with van der Waals surface area (Å²) < 4.78 is 82.5. The molecule has 2 aliphatic rings. The molecule has 3 aromatic rings. The molecule has 46 heavy (non-hydrogen) atoms. The van der Waals surface area contributed by atoms with E-state index < -0.39 is 43.7 Å². The fourth-order valence-corrected chi connectivity index (χ4v) is 8.49. The van der Waals surface area contributed by atoms with Gasteiger partial charge in [-0.25, -0.2) is 8.42 Å². The first-order chi connectivity index (χ1) is 21.5. The highest BCUT2D eigenvalue weighted by atomic mass is 35.5. The molecule has 2 N–H and O–H groups in total. The van der Waals surface area contributed by atoms with Crippen molar-refractivity contribution >= 4 is 55.2 Å². The van der Waals surface area contributed by atoms with E-state index in [4.69, 9.17) is 21.1 Å². The average molecular weight is 699 g/mol. The van der Waals surface area contributed by atoms with Crippen LogP contribution in [0.15, 0.2) is 64.9 Å². The second-order valence-corrected chi connectivity index (χ2v) is 16.1. The van der Waals surface area contributed by atoms with E-state index in [0.717, 1.165) is 10.5 Å². The number of sulfonamides is 1. The van der Waals surface area contributed by atoms with Crippen molar-refractivity contribution in [1.29, 1.82) is 0 Å². The first-order valence-electron chi connectivity index (χ1n) is 14.4. The fourth-order valence-electron chi connectivity index (χ4n) is 5.23. The normalized spacial score (nSPS) is 18.8. The molecule has 2 atom stereocenters. The Balaban J connectivity index is 1.36. The van der Waals surface area contributed by atoms with Crippen LogP contribution in [0.1, 0.15) is 50.8 Å². The molecule has 0 saturated carbocycles. The lowest BCUT2D eigenvalue weighted by atomic mass is 9.78. The quantitative estimate of drug-likeness (QED) is 0.194. The molecule has 1 amide bonds. The summed E-state index contributed by atoms with van der Waals surface area (Å²) in [4.78, 5) is 14.3. The number of hydrogen-bond acceptors (Lipinski definition) is 6. The third-order valence-electron chi connectivity index (χ3n) is 7.57. The van der Waals surface area contributed by atoms with Crippen LogP contribution in [-0.2, 0) is 20.2 Å². The van der Waals surface area contributed by atoms with Gasteiger partial charge < -0.3 is 19.5 Å². The van der Waals surface area contributed by atoms with Crippen LogP contribution in [-0.4, -0.2) is 44.6 Å². The van der Waals surface area contributed by atoms with Gasteiger partial charge in [-0.1, -0.05) is 25.4 Å². The van der Waals surface area contributed by atoms with E-state index in [0.29, 0.717) is 40.6 Å². The van der Waals surface area contributed by atoms with Gasteiger partial charge in [-0.3, -0.25) is 9.52 Å². The summed E-state index contributed by atoms with van der Waals surface area (Å²) >= 11 is 6.48. The Morgan fingerprint density at radius 2 is 1.74 bits per heavy atom. The third-order valence-corrected chi connectivity index (χ3v) is 11.5. The second kappa shape index (κ2) is 13.0. The molecule has 0 aromatic heterocycles. The molecule has 5 rings (SSSR count). The fraction of sp³-hybridized carbons (Fsp3) is 0.344. The predicted octanol–water partition coefficient (Wildman–Crippen LogP) is 8.46. The van der Waals surface area contributed by atoms with Crippen molar-refractivity contribution in [3.63, 3.8) is 0 Å². The molecule has 248 valence electrons. The van der Waals surface area contributed by atoms with Crippen LogP contribution in [0, 0.1) is 0 Å². The molecule has 8 nitrogen and oxygen atoms in total. The Hall–Kier alpha value is -3.39. The number of amides is 1. The molecule has 1 saturated heterocycles. The van der Waals surface area contributed by atoms with Crippen LogP contribution >= 0.6 is 22.5 Å². The van der Waals surface area contributed by atoms with Crippen LogP contribution in [0.2, 0.25) is 5.02 Å². The Morgan fingerprint density at radius 1 is 1.02 bits per heavy atom. The molecule has 2 heterocycles. The van der Waals surface area contributed by atoms with Gasteiger partial charge in [0.05, 0.1) is 12.7 Å². The number of fused-ring (bicyclic) bond motifs is 1. The van der Waals surface area contributed by atoms with E-state index in [1.165, 1.54) is 12.1 Å². The number of alkyl halides is 3. The van der Waals surface area contributed by atoms with E-state index in [1.807, 2.05) is 13.8 Å². The second-order valence-electron chi connectivity index (χ2n) is 11.8. The Bertz CT molecular complexity index is 1770. The topological polar surface area (TPSA) is 103 Å². The van der Waals surface area contributed by atoms with E-state index in [-0.39, 0.29) is 23.7 Å². The Morgan fingerprint density at radius 3 is 2.41 bits per heavy atom. The Kier molecular flexibility index (Phi) is 9.61. The molecule has 2 unspecified atom stereocenters. The molecule has 0 bridgehead atoms. The number of nitrogens with one attached hydrogen (secondary N) is 2. The van der Waals surface area contributed by atoms with Crippen LogP contribution in [0.3, 0.4) is 0 Å². The lowest BCUT2D eigenvalue weighted by molar-refractivity contribution is -0.274. The minimum absolute atomic E-state index is 0.153. The monoisotopic (exact) mass is 698 g/mol. The number of carbonyl (C=O) groups excluding carboxylic acids is 1. The standard InChI is InChI=1S/C32H34ClF3N2O6S2/c1-19(2)43-26-14-22(15-27(17-26)44-32(34,35)36)31(3,4)21-12-23(33)16-25(13-21)37-30(39)45-10-8-20-11-24(5-6-29(20)45)38-46(40,41)28-7-9-42-18-28/h5-6,8,10-17,19,28,38,45H,7,9,18H2,1-4H3,(H,37,39). The van der Waals surface area contributed by atoms with Gasteiger partial charge in [-0.2, -0.15) is 0 Å². The number of carbonyl (C=O) groups is 1. The molecule has 0 aliphatic carbocycles. The van der Waals surface area contributed by atoms with Gasteiger partial charge in [-0.15, -0.1) is 24.1 Å². The lowest BCUT2D eigenvalue weighted by Gasteiger charge is -2.28. The van der Waals surface area contributed by atoms with Gasteiger partial charge in [0.1, 0.15) is 16.7 Å². The molecular formula is C32H34ClF3N2O6S2. The lowest BCUT2D eigenvalue weighted by Crippen LogP contribution is -2.28. The number of benzene rings is 3. The summed E-state index contributed by atoms with van der Waals surface area (Å²) in [6.07, 6.45) is -2.96. The number of anilines is 2. The van der Waals surface area contributed by atoms with E-state index in [2.05, 4.69) is 14.8 Å². The van der Waals surface area contributed by atoms with Crippen molar-refractivity contribution in [2.75, 3.05) is 23.3 Å². The van der Waals surface area contributed by atoms with Gasteiger partial charge in [0.2, 0.25) is 10.0 Å². The maximum absolute atomic E-state index is 13.5. The number of rotatable bonds is 9. The molecule has 14 heteroatoms. The summed E-state index contributed by atoms with van der Waals surface area (Å²) in [5, 5.41) is 4.15. The van der Waals surface area contributed by atoms with Crippen molar-refractivity contribution in [3.8, 4) is 11.5 Å². The van der Waals surface area contributed by atoms with Crippen molar-refractivity contribution in [1.82, 2.24) is 0 Å².